The van der Waals surface area contributed by atoms with Gasteiger partial charge >= 0.3 is 0 Å². The maximum absolute atomic E-state index is 12.4. The summed E-state index contributed by atoms with van der Waals surface area (Å²) in [6, 6.07) is 4.31. The van der Waals surface area contributed by atoms with E-state index < -0.39 is 4.92 Å². The summed E-state index contributed by atoms with van der Waals surface area (Å²) in [5, 5.41) is 16.9. The molecule has 0 fully saturated rings. The van der Waals surface area contributed by atoms with Crippen LogP contribution in [0.5, 0.6) is 0 Å². The topological polar surface area (TPSA) is 84.3 Å². The minimum atomic E-state index is -0.495. The fraction of sp³-hybridized carbons (Fsp3) is 0.533. The molecule has 0 atom stereocenters. The van der Waals surface area contributed by atoms with Crippen LogP contribution in [0.1, 0.15) is 50.9 Å². The van der Waals surface area contributed by atoms with Gasteiger partial charge in [-0.25, -0.2) is 0 Å². The van der Waals surface area contributed by atoms with E-state index in [0.717, 1.165) is 12.8 Å². The van der Waals surface area contributed by atoms with Crippen molar-refractivity contribution in [3.05, 3.63) is 33.9 Å². The minimum Gasteiger partial charge on any atom is -0.384 e. The molecular weight excluding hydrogens is 270 g/mol. The van der Waals surface area contributed by atoms with Gasteiger partial charge in [0, 0.05) is 29.9 Å². The Balaban J connectivity index is 3.12. The van der Waals surface area contributed by atoms with Crippen LogP contribution in [0.4, 0.5) is 11.4 Å². The molecule has 0 heterocycles. The quantitative estimate of drug-likeness (QED) is 0.596. The summed E-state index contributed by atoms with van der Waals surface area (Å²) in [4.78, 5) is 22.8. The molecule has 0 aliphatic carbocycles. The predicted molar refractivity (Wildman–Crippen MR) is 83.7 cm³/mol. The van der Waals surface area contributed by atoms with Crippen LogP contribution in [0, 0.1) is 10.1 Å². The molecule has 0 radical (unpaired) electrons. The Kier molecular flexibility index (Phi) is 5.69. The molecule has 0 unspecified atom stereocenters. The predicted octanol–water partition coefficient (Wildman–Crippen LogP) is 3.34. The number of carbonyl (C=O) groups excluding carboxylic acids is 1. The third-order valence-corrected chi connectivity index (χ3v) is 3.36. The summed E-state index contributed by atoms with van der Waals surface area (Å²) in [6.07, 6.45) is 1.67. The number of amides is 1. The number of hydrogen-bond donors (Lipinski definition) is 2. The van der Waals surface area contributed by atoms with Crippen molar-refractivity contribution in [3.8, 4) is 0 Å². The van der Waals surface area contributed by atoms with E-state index in [1.807, 2.05) is 27.7 Å². The lowest BCUT2D eigenvalue weighted by atomic mass is 10.0. The van der Waals surface area contributed by atoms with Gasteiger partial charge in [0.25, 0.3) is 11.6 Å². The lowest BCUT2D eigenvalue weighted by molar-refractivity contribution is -0.384. The number of nitro benzene ring substituents is 1. The van der Waals surface area contributed by atoms with Gasteiger partial charge in [-0.3, -0.25) is 14.9 Å². The van der Waals surface area contributed by atoms with Crippen molar-refractivity contribution in [3.63, 3.8) is 0 Å². The number of nitro groups is 1. The standard InChI is InChI=1S/C15H23N3O3/c1-5-9-16-13-8-7-11(18(20)21)10-12(13)14(19)17-15(3,4)6-2/h7-8,10,16H,5-6,9H2,1-4H3,(H,17,19). The highest BCUT2D eigenvalue weighted by Crippen LogP contribution is 2.23. The van der Waals surface area contributed by atoms with E-state index in [4.69, 9.17) is 0 Å². The van der Waals surface area contributed by atoms with Gasteiger partial charge in [0.05, 0.1) is 10.5 Å². The molecule has 21 heavy (non-hydrogen) atoms. The van der Waals surface area contributed by atoms with Crippen LogP contribution in [-0.4, -0.2) is 22.9 Å². The van der Waals surface area contributed by atoms with Crippen molar-refractivity contribution in [2.45, 2.75) is 46.1 Å². The summed E-state index contributed by atoms with van der Waals surface area (Å²) in [7, 11) is 0. The van der Waals surface area contributed by atoms with Gasteiger partial charge in [0.1, 0.15) is 0 Å². The monoisotopic (exact) mass is 293 g/mol. The Hall–Kier alpha value is -2.11. The third kappa shape index (κ3) is 4.73. The van der Waals surface area contributed by atoms with Crippen LogP contribution >= 0.6 is 0 Å². The molecule has 0 bridgehead atoms. The second-order valence-corrected chi connectivity index (χ2v) is 5.61. The van der Waals surface area contributed by atoms with Crippen molar-refractivity contribution >= 4 is 17.3 Å². The maximum atomic E-state index is 12.4. The highest BCUT2D eigenvalue weighted by atomic mass is 16.6. The van der Waals surface area contributed by atoms with Gasteiger partial charge in [-0.1, -0.05) is 13.8 Å². The van der Waals surface area contributed by atoms with Crippen LogP contribution in [0.15, 0.2) is 18.2 Å². The van der Waals surface area contributed by atoms with Crippen molar-refractivity contribution in [2.75, 3.05) is 11.9 Å². The van der Waals surface area contributed by atoms with E-state index in [0.29, 0.717) is 17.8 Å². The van der Waals surface area contributed by atoms with Crippen LogP contribution in [0.2, 0.25) is 0 Å². The Labute approximate surface area is 125 Å². The van der Waals surface area contributed by atoms with E-state index in [2.05, 4.69) is 10.6 Å². The molecular formula is C15H23N3O3. The van der Waals surface area contributed by atoms with Gasteiger partial charge in [-0.05, 0) is 32.8 Å². The zero-order valence-corrected chi connectivity index (χ0v) is 13.0. The Morgan fingerprint density at radius 3 is 2.52 bits per heavy atom. The Morgan fingerprint density at radius 1 is 1.33 bits per heavy atom. The number of benzene rings is 1. The van der Waals surface area contributed by atoms with Crippen molar-refractivity contribution < 1.29 is 9.72 Å². The first-order chi connectivity index (χ1) is 9.80. The van der Waals surface area contributed by atoms with Gasteiger partial charge < -0.3 is 10.6 Å². The Morgan fingerprint density at radius 2 is 2.00 bits per heavy atom. The first-order valence-electron chi connectivity index (χ1n) is 7.15. The minimum absolute atomic E-state index is 0.0866. The summed E-state index contributed by atoms with van der Waals surface area (Å²) in [5.41, 5.74) is 0.478. The molecule has 2 N–H and O–H groups in total. The van der Waals surface area contributed by atoms with E-state index in [9.17, 15) is 14.9 Å². The number of nitrogens with zero attached hydrogens (tertiary/aromatic N) is 1. The third-order valence-electron chi connectivity index (χ3n) is 3.36. The molecule has 0 aliphatic heterocycles. The number of rotatable bonds is 7. The van der Waals surface area contributed by atoms with Gasteiger partial charge in [-0.15, -0.1) is 0 Å². The van der Waals surface area contributed by atoms with Crippen molar-refractivity contribution in [2.24, 2.45) is 0 Å². The molecule has 0 spiro atoms. The molecule has 1 aromatic carbocycles. The molecule has 6 nitrogen and oxygen atoms in total. The normalized spacial score (nSPS) is 11.0. The number of carbonyl (C=O) groups is 1. The van der Waals surface area contributed by atoms with E-state index in [1.54, 1.807) is 6.07 Å². The SMILES string of the molecule is CCCNc1ccc([N+](=O)[O-])cc1C(=O)NC(C)(C)CC. The number of non-ortho nitro benzene ring substituents is 1. The number of anilines is 1. The van der Waals surface area contributed by atoms with Crippen molar-refractivity contribution in [1.82, 2.24) is 5.32 Å². The summed E-state index contributed by atoms with van der Waals surface area (Å²) in [5.74, 6) is -0.302. The number of hydrogen-bond acceptors (Lipinski definition) is 4. The summed E-state index contributed by atoms with van der Waals surface area (Å²) >= 11 is 0. The first kappa shape index (κ1) is 16.9. The van der Waals surface area contributed by atoms with Crippen LogP contribution < -0.4 is 10.6 Å². The summed E-state index contributed by atoms with van der Waals surface area (Å²) < 4.78 is 0. The highest BCUT2D eigenvalue weighted by molar-refractivity contribution is 6.00. The molecule has 0 saturated heterocycles. The van der Waals surface area contributed by atoms with Gasteiger partial charge in [0.2, 0.25) is 0 Å². The average Bonchev–Trinajstić information content (AvgIpc) is 2.44. The molecule has 1 amide bonds. The average molecular weight is 293 g/mol. The van der Waals surface area contributed by atoms with Crippen LogP contribution in [0.3, 0.4) is 0 Å². The van der Waals surface area contributed by atoms with Crippen molar-refractivity contribution in [1.29, 1.82) is 0 Å². The first-order valence-corrected chi connectivity index (χ1v) is 7.15. The molecule has 1 aromatic rings. The molecule has 0 saturated carbocycles. The van der Waals surface area contributed by atoms with Gasteiger partial charge in [-0.2, -0.15) is 0 Å². The van der Waals surface area contributed by atoms with Gasteiger partial charge in [0.15, 0.2) is 0 Å². The Bertz CT molecular complexity index is 527. The fourth-order valence-electron chi connectivity index (χ4n) is 1.71. The number of nitrogens with one attached hydrogen (secondary N) is 2. The smallest absolute Gasteiger partial charge is 0.270 e. The molecule has 1 rings (SSSR count). The summed E-state index contributed by atoms with van der Waals surface area (Å²) in [6.45, 7) is 8.53. The molecule has 116 valence electrons. The lowest BCUT2D eigenvalue weighted by Gasteiger charge is -2.25. The zero-order chi connectivity index (χ0) is 16.0. The van der Waals surface area contributed by atoms with Crippen LogP contribution in [0.25, 0.3) is 0 Å². The zero-order valence-electron chi connectivity index (χ0n) is 13.0. The molecule has 0 aromatic heterocycles. The highest BCUT2D eigenvalue weighted by Gasteiger charge is 2.22. The second-order valence-electron chi connectivity index (χ2n) is 5.61. The molecule has 6 heteroatoms. The fourth-order valence-corrected chi connectivity index (χ4v) is 1.71. The largest absolute Gasteiger partial charge is 0.384 e. The second kappa shape index (κ2) is 7.06. The van der Waals surface area contributed by atoms with E-state index in [1.165, 1.54) is 12.1 Å². The molecule has 0 aliphatic rings. The van der Waals surface area contributed by atoms with Crippen LogP contribution in [-0.2, 0) is 0 Å². The lowest BCUT2D eigenvalue weighted by Crippen LogP contribution is -2.43. The van der Waals surface area contributed by atoms with E-state index >= 15 is 0 Å². The van der Waals surface area contributed by atoms with E-state index in [-0.39, 0.29) is 17.1 Å². The maximum Gasteiger partial charge on any atom is 0.270 e.